The van der Waals surface area contributed by atoms with Gasteiger partial charge in [-0.15, -0.1) is 0 Å². The van der Waals surface area contributed by atoms with Crippen LogP contribution < -0.4 is 5.73 Å². The van der Waals surface area contributed by atoms with Crippen molar-refractivity contribution in [1.29, 1.82) is 0 Å². The molecule has 17 heavy (non-hydrogen) atoms. The number of fused-ring (bicyclic) bond motifs is 1. The van der Waals surface area contributed by atoms with Gasteiger partial charge in [0.15, 0.2) is 0 Å². The Bertz CT molecular complexity index is 295. The number of nitrogens with zero attached hydrogens (tertiary/aromatic N) is 1. The van der Waals surface area contributed by atoms with E-state index in [1.165, 1.54) is 25.7 Å². The van der Waals surface area contributed by atoms with Gasteiger partial charge >= 0.3 is 0 Å². The van der Waals surface area contributed by atoms with Crippen LogP contribution in [-0.2, 0) is 4.79 Å². The number of hydrogen-bond donors (Lipinski definition) is 1. The van der Waals surface area contributed by atoms with Gasteiger partial charge in [-0.1, -0.05) is 27.2 Å². The second kappa shape index (κ2) is 4.60. The first-order valence-corrected chi connectivity index (χ1v) is 6.97. The van der Waals surface area contributed by atoms with Gasteiger partial charge in [0.25, 0.3) is 0 Å². The Morgan fingerprint density at radius 1 is 1.24 bits per heavy atom. The highest BCUT2D eigenvalue weighted by atomic mass is 16.2. The van der Waals surface area contributed by atoms with Crippen LogP contribution in [0.25, 0.3) is 0 Å². The molecular formula is C14H26N2O. The molecule has 98 valence electrons. The lowest BCUT2D eigenvalue weighted by Gasteiger charge is -2.41. The van der Waals surface area contributed by atoms with E-state index >= 15 is 0 Å². The van der Waals surface area contributed by atoms with Crippen molar-refractivity contribution in [2.24, 2.45) is 17.1 Å². The van der Waals surface area contributed by atoms with Crippen molar-refractivity contribution in [1.82, 2.24) is 4.90 Å². The molecule has 2 fully saturated rings. The van der Waals surface area contributed by atoms with Crippen LogP contribution in [0.4, 0.5) is 0 Å². The molecule has 0 aromatic heterocycles. The standard InChI is InChI=1S/C14H26N2O/c1-14(2,3)12(15)13(17)16-9-5-7-10-6-4-8-11(10)16/h10-12H,4-9,15H2,1-3H3. The van der Waals surface area contributed by atoms with Gasteiger partial charge in [-0.05, 0) is 37.0 Å². The van der Waals surface area contributed by atoms with Gasteiger partial charge in [0.05, 0.1) is 6.04 Å². The molecule has 2 rings (SSSR count). The number of piperidine rings is 1. The van der Waals surface area contributed by atoms with E-state index in [4.69, 9.17) is 5.73 Å². The maximum absolute atomic E-state index is 12.5. The number of amides is 1. The molecule has 3 unspecified atom stereocenters. The number of carbonyl (C=O) groups is 1. The van der Waals surface area contributed by atoms with Crippen molar-refractivity contribution in [2.75, 3.05) is 6.54 Å². The third-order valence-corrected chi connectivity index (χ3v) is 4.48. The summed E-state index contributed by atoms with van der Waals surface area (Å²) in [7, 11) is 0. The van der Waals surface area contributed by atoms with E-state index in [0.717, 1.165) is 18.9 Å². The van der Waals surface area contributed by atoms with Crippen LogP contribution in [0.5, 0.6) is 0 Å². The van der Waals surface area contributed by atoms with Crippen LogP contribution in [0.2, 0.25) is 0 Å². The lowest BCUT2D eigenvalue weighted by molar-refractivity contribution is -0.139. The van der Waals surface area contributed by atoms with Gasteiger partial charge in [0, 0.05) is 12.6 Å². The Labute approximate surface area is 105 Å². The van der Waals surface area contributed by atoms with Crippen molar-refractivity contribution in [3.63, 3.8) is 0 Å². The van der Waals surface area contributed by atoms with Crippen molar-refractivity contribution in [3.8, 4) is 0 Å². The summed E-state index contributed by atoms with van der Waals surface area (Å²) in [6, 6.07) is 0.131. The van der Waals surface area contributed by atoms with E-state index in [9.17, 15) is 4.79 Å². The fraction of sp³-hybridized carbons (Fsp3) is 0.929. The van der Waals surface area contributed by atoms with E-state index in [1.54, 1.807) is 0 Å². The predicted octanol–water partition coefficient (Wildman–Crippen LogP) is 2.15. The highest BCUT2D eigenvalue weighted by molar-refractivity contribution is 5.83. The van der Waals surface area contributed by atoms with Crippen LogP contribution in [0.1, 0.15) is 52.9 Å². The van der Waals surface area contributed by atoms with Gasteiger partial charge in [-0.25, -0.2) is 0 Å². The minimum absolute atomic E-state index is 0.136. The predicted molar refractivity (Wildman–Crippen MR) is 69.5 cm³/mol. The molecule has 0 aromatic carbocycles. The molecule has 3 heteroatoms. The molecule has 3 nitrogen and oxygen atoms in total. The van der Waals surface area contributed by atoms with Gasteiger partial charge in [-0.2, -0.15) is 0 Å². The summed E-state index contributed by atoms with van der Waals surface area (Å²) in [4.78, 5) is 14.6. The van der Waals surface area contributed by atoms with Crippen molar-refractivity contribution >= 4 is 5.91 Å². The number of carbonyl (C=O) groups excluding carboxylic acids is 1. The summed E-state index contributed by atoms with van der Waals surface area (Å²) >= 11 is 0. The fourth-order valence-corrected chi connectivity index (χ4v) is 3.28. The molecule has 1 aliphatic carbocycles. The third kappa shape index (κ3) is 2.49. The summed E-state index contributed by atoms with van der Waals surface area (Å²) < 4.78 is 0. The Kier molecular flexibility index (Phi) is 3.48. The van der Waals surface area contributed by atoms with Gasteiger partial charge in [0.1, 0.15) is 0 Å². The molecule has 1 aliphatic heterocycles. The zero-order valence-electron chi connectivity index (χ0n) is 11.4. The summed E-state index contributed by atoms with van der Waals surface area (Å²) in [5, 5.41) is 0. The van der Waals surface area contributed by atoms with E-state index in [2.05, 4.69) is 4.90 Å². The molecule has 0 radical (unpaired) electrons. The summed E-state index contributed by atoms with van der Waals surface area (Å²) in [5.74, 6) is 0.925. The Morgan fingerprint density at radius 2 is 1.88 bits per heavy atom. The highest BCUT2D eigenvalue weighted by Gasteiger charge is 2.40. The van der Waals surface area contributed by atoms with E-state index in [0.29, 0.717) is 6.04 Å². The van der Waals surface area contributed by atoms with Crippen LogP contribution in [0.15, 0.2) is 0 Å². The molecule has 2 N–H and O–H groups in total. The third-order valence-electron chi connectivity index (χ3n) is 4.48. The van der Waals surface area contributed by atoms with Gasteiger partial charge in [0.2, 0.25) is 5.91 Å². The first-order valence-electron chi connectivity index (χ1n) is 6.97. The second-order valence-electron chi connectivity index (χ2n) is 6.78. The molecule has 3 atom stereocenters. The van der Waals surface area contributed by atoms with Crippen LogP contribution >= 0.6 is 0 Å². The van der Waals surface area contributed by atoms with Crippen LogP contribution in [0, 0.1) is 11.3 Å². The number of rotatable bonds is 1. The number of likely N-dealkylation sites (tertiary alicyclic amines) is 1. The molecule has 1 amide bonds. The van der Waals surface area contributed by atoms with E-state index in [1.807, 2.05) is 20.8 Å². The van der Waals surface area contributed by atoms with Gasteiger partial charge in [-0.3, -0.25) is 4.79 Å². The largest absolute Gasteiger partial charge is 0.338 e. The van der Waals surface area contributed by atoms with E-state index < -0.39 is 0 Å². The number of nitrogens with two attached hydrogens (primary N) is 1. The van der Waals surface area contributed by atoms with Crippen molar-refractivity contribution in [3.05, 3.63) is 0 Å². The molecular weight excluding hydrogens is 212 g/mol. The summed E-state index contributed by atoms with van der Waals surface area (Å²) in [6.45, 7) is 7.06. The topological polar surface area (TPSA) is 46.3 Å². The molecule has 2 aliphatic rings. The second-order valence-corrected chi connectivity index (χ2v) is 6.78. The van der Waals surface area contributed by atoms with Crippen LogP contribution in [0.3, 0.4) is 0 Å². The maximum atomic E-state index is 12.5. The highest BCUT2D eigenvalue weighted by Crippen LogP contribution is 2.37. The quantitative estimate of drug-likeness (QED) is 0.761. The zero-order valence-corrected chi connectivity index (χ0v) is 11.4. The molecule has 0 bridgehead atoms. The molecule has 1 saturated carbocycles. The Balaban J connectivity index is 2.08. The summed E-state index contributed by atoms with van der Waals surface area (Å²) in [6.07, 6.45) is 6.24. The zero-order chi connectivity index (χ0) is 12.6. The van der Waals surface area contributed by atoms with E-state index in [-0.39, 0.29) is 17.4 Å². The van der Waals surface area contributed by atoms with Crippen molar-refractivity contribution in [2.45, 2.75) is 65.0 Å². The smallest absolute Gasteiger partial charge is 0.240 e. The minimum Gasteiger partial charge on any atom is -0.338 e. The molecule has 0 spiro atoms. The summed E-state index contributed by atoms with van der Waals surface area (Å²) in [5.41, 5.74) is 5.98. The Hall–Kier alpha value is -0.570. The van der Waals surface area contributed by atoms with Gasteiger partial charge < -0.3 is 10.6 Å². The maximum Gasteiger partial charge on any atom is 0.240 e. The molecule has 1 heterocycles. The van der Waals surface area contributed by atoms with Crippen molar-refractivity contribution < 1.29 is 4.79 Å². The molecule has 0 aromatic rings. The van der Waals surface area contributed by atoms with Crippen LogP contribution in [-0.4, -0.2) is 29.4 Å². The fourth-order valence-electron chi connectivity index (χ4n) is 3.28. The SMILES string of the molecule is CC(C)(C)C(N)C(=O)N1CCCC2CCCC21. The first-order chi connectivity index (χ1) is 7.91. The first kappa shape index (κ1) is 12.9. The minimum atomic E-state index is -0.359. The molecule has 1 saturated heterocycles. The number of hydrogen-bond acceptors (Lipinski definition) is 2. The lowest BCUT2D eigenvalue weighted by Crippen LogP contribution is -2.55. The Morgan fingerprint density at radius 3 is 2.53 bits per heavy atom. The lowest BCUT2D eigenvalue weighted by atomic mass is 9.84. The average Bonchev–Trinajstić information content (AvgIpc) is 2.73. The monoisotopic (exact) mass is 238 g/mol. The normalized spacial score (nSPS) is 31.2. The average molecular weight is 238 g/mol.